The minimum absolute atomic E-state index is 0.273. The predicted molar refractivity (Wildman–Crippen MR) is 64.9 cm³/mol. The fourth-order valence-electron chi connectivity index (χ4n) is 3.22. The van der Waals surface area contributed by atoms with E-state index in [9.17, 15) is 8.78 Å². The second-order valence-electron chi connectivity index (χ2n) is 5.60. The van der Waals surface area contributed by atoms with Crippen LogP contribution in [-0.4, -0.2) is 14.8 Å². The molecule has 98 valence electrons. The zero-order valence-corrected chi connectivity index (χ0v) is 10.3. The molecule has 1 unspecified atom stereocenters. The first kappa shape index (κ1) is 11.1. The molecule has 2 aromatic rings. The lowest BCUT2D eigenvalue weighted by atomic mass is 9.79. The normalized spacial score (nSPS) is 23.4. The summed E-state index contributed by atoms with van der Waals surface area (Å²) in [4.78, 5) is 4.29. The van der Waals surface area contributed by atoms with Crippen molar-refractivity contribution in [3.8, 4) is 5.69 Å². The lowest BCUT2D eigenvalue weighted by molar-refractivity contribution is 0.274. The molecule has 0 bridgehead atoms. The van der Waals surface area contributed by atoms with Crippen LogP contribution in [0, 0.1) is 17.0 Å². The summed E-state index contributed by atoms with van der Waals surface area (Å²) in [6.45, 7) is 0. The monoisotopic (exact) mass is 261 g/mol. The van der Waals surface area contributed by atoms with Gasteiger partial charge in [-0.15, -0.1) is 0 Å². The molecule has 5 heteroatoms. The molecule has 3 nitrogen and oxygen atoms in total. The van der Waals surface area contributed by atoms with Gasteiger partial charge in [0.15, 0.2) is 5.82 Å². The zero-order valence-electron chi connectivity index (χ0n) is 10.3. The van der Waals surface area contributed by atoms with E-state index in [0.29, 0.717) is 11.3 Å². The van der Waals surface area contributed by atoms with Crippen LogP contribution < -0.4 is 0 Å². The predicted octanol–water partition coefficient (Wildman–Crippen LogP) is 3.20. The van der Waals surface area contributed by atoms with Gasteiger partial charge in [-0.2, -0.15) is 5.10 Å². The number of hydrogen-bond acceptors (Lipinski definition) is 2. The lowest BCUT2D eigenvalue weighted by Crippen LogP contribution is -2.16. The molecule has 0 radical (unpaired) electrons. The number of aromatic nitrogens is 3. The van der Waals surface area contributed by atoms with E-state index in [-0.39, 0.29) is 5.69 Å². The highest BCUT2D eigenvalue weighted by Gasteiger charge is 2.60. The standard InChI is InChI=1S/C14H13F2N3/c15-9-2-3-12(11(16)6-9)19-13(17-8-18-19)10-7-14(10)4-1-5-14/h2-3,6,8,10H,1,4-5,7H2. The van der Waals surface area contributed by atoms with Gasteiger partial charge in [-0.25, -0.2) is 18.4 Å². The summed E-state index contributed by atoms with van der Waals surface area (Å²) >= 11 is 0. The smallest absolute Gasteiger partial charge is 0.151 e. The van der Waals surface area contributed by atoms with Crippen molar-refractivity contribution in [2.24, 2.45) is 5.41 Å². The zero-order chi connectivity index (χ0) is 13.0. The van der Waals surface area contributed by atoms with Crippen LogP contribution in [0.15, 0.2) is 24.5 Å². The number of benzene rings is 1. The van der Waals surface area contributed by atoms with Crippen molar-refractivity contribution in [3.05, 3.63) is 42.0 Å². The van der Waals surface area contributed by atoms with Crippen LogP contribution in [0.1, 0.15) is 37.4 Å². The Labute approximate surface area is 109 Å². The molecule has 2 saturated carbocycles. The molecule has 0 amide bonds. The van der Waals surface area contributed by atoms with Crippen LogP contribution in [0.3, 0.4) is 0 Å². The molecule has 1 aromatic carbocycles. The summed E-state index contributed by atoms with van der Waals surface area (Å²) in [7, 11) is 0. The molecular formula is C14H13F2N3. The molecule has 1 aromatic heterocycles. The summed E-state index contributed by atoms with van der Waals surface area (Å²) in [6, 6.07) is 3.54. The van der Waals surface area contributed by atoms with Gasteiger partial charge in [0.05, 0.1) is 0 Å². The van der Waals surface area contributed by atoms with Crippen molar-refractivity contribution in [1.82, 2.24) is 14.8 Å². The Kier molecular flexibility index (Phi) is 2.11. The Morgan fingerprint density at radius 3 is 2.74 bits per heavy atom. The Bertz CT molecular complexity index is 646. The number of halogens is 2. The lowest BCUT2D eigenvalue weighted by Gasteiger charge is -2.26. The van der Waals surface area contributed by atoms with Gasteiger partial charge in [0.25, 0.3) is 0 Å². The van der Waals surface area contributed by atoms with Gasteiger partial charge in [-0.3, -0.25) is 0 Å². The van der Waals surface area contributed by atoms with Crippen molar-refractivity contribution >= 4 is 0 Å². The van der Waals surface area contributed by atoms with Crippen molar-refractivity contribution in [3.63, 3.8) is 0 Å². The summed E-state index contributed by atoms with van der Waals surface area (Å²) in [5.74, 6) is 0.0123. The van der Waals surface area contributed by atoms with E-state index < -0.39 is 11.6 Å². The van der Waals surface area contributed by atoms with E-state index in [4.69, 9.17) is 0 Å². The van der Waals surface area contributed by atoms with Gasteiger partial charge < -0.3 is 0 Å². The van der Waals surface area contributed by atoms with E-state index in [2.05, 4.69) is 10.1 Å². The summed E-state index contributed by atoms with van der Waals surface area (Å²) in [5.41, 5.74) is 0.677. The molecule has 1 heterocycles. The second kappa shape index (κ2) is 3.62. The molecule has 2 fully saturated rings. The molecular weight excluding hydrogens is 248 g/mol. The molecule has 2 aliphatic rings. The molecule has 4 rings (SSSR count). The first-order chi connectivity index (χ1) is 9.20. The summed E-state index contributed by atoms with van der Waals surface area (Å²) in [6.07, 6.45) is 6.31. The van der Waals surface area contributed by atoms with Gasteiger partial charge in [0.2, 0.25) is 0 Å². The quantitative estimate of drug-likeness (QED) is 0.831. The van der Waals surface area contributed by atoms with Crippen LogP contribution in [0.4, 0.5) is 8.78 Å². The first-order valence-corrected chi connectivity index (χ1v) is 6.55. The minimum atomic E-state index is -0.602. The van der Waals surface area contributed by atoms with Gasteiger partial charge in [-0.1, -0.05) is 6.42 Å². The van der Waals surface area contributed by atoms with Gasteiger partial charge >= 0.3 is 0 Å². The van der Waals surface area contributed by atoms with E-state index in [1.165, 1.54) is 42.4 Å². The Hall–Kier alpha value is -1.78. The molecule has 1 atom stereocenters. The Balaban J connectivity index is 1.74. The number of rotatable bonds is 2. The van der Waals surface area contributed by atoms with Gasteiger partial charge in [-0.05, 0) is 36.8 Å². The highest BCUT2D eigenvalue weighted by molar-refractivity contribution is 5.36. The second-order valence-corrected chi connectivity index (χ2v) is 5.60. The molecule has 2 aliphatic carbocycles. The van der Waals surface area contributed by atoms with Crippen molar-refractivity contribution in [1.29, 1.82) is 0 Å². The fourth-order valence-corrected chi connectivity index (χ4v) is 3.22. The van der Waals surface area contributed by atoms with Crippen molar-refractivity contribution < 1.29 is 8.78 Å². The fraction of sp³-hybridized carbons (Fsp3) is 0.429. The maximum Gasteiger partial charge on any atom is 0.151 e. The van der Waals surface area contributed by atoms with E-state index in [1.807, 2.05) is 0 Å². The van der Waals surface area contributed by atoms with Gasteiger partial charge in [0, 0.05) is 12.0 Å². The molecule has 0 aliphatic heterocycles. The Morgan fingerprint density at radius 2 is 2.11 bits per heavy atom. The SMILES string of the molecule is Fc1ccc(-n2ncnc2C2CC23CCC3)c(F)c1. The van der Waals surface area contributed by atoms with Crippen molar-refractivity contribution in [2.45, 2.75) is 31.6 Å². The van der Waals surface area contributed by atoms with Crippen LogP contribution in [0.25, 0.3) is 5.69 Å². The summed E-state index contributed by atoms with van der Waals surface area (Å²) < 4.78 is 28.3. The molecule has 1 spiro atoms. The average molecular weight is 261 g/mol. The van der Waals surface area contributed by atoms with Crippen LogP contribution in [0.2, 0.25) is 0 Å². The summed E-state index contributed by atoms with van der Waals surface area (Å²) in [5, 5.41) is 4.11. The van der Waals surface area contributed by atoms with Crippen LogP contribution in [-0.2, 0) is 0 Å². The topological polar surface area (TPSA) is 30.7 Å². The Morgan fingerprint density at radius 1 is 1.26 bits per heavy atom. The van der Waals surface area contributed by atoms with E-state index in [1.54, 1.807) is 0 Å². The highest BCUT2D eigenvalue weighted by Crippen LogP contribution is 2.69. The third-order valence-electron chi connectivity index (χ3n) is 4.56. The largest absolute Gasteiger partial charge is 0.219 e. The van der Waals surface area contributed by atoms with Gasteiger partial charge in [0.1, 0.15) is 23.7 Å². The highest BCUT2D eigenvalue weighted by atomic mass is 19.1. The number of hydrogen-bond donors (Lipinski definition) is 0. The number of nitrogens with zero attached hydrogens (tertiary/aromatic N) is 3. The third-order valence-corrected chi connectivity index (χ3v) is 4.56. The molecule has 19 heavy (non-hydrogen) atoms. The van der Waals surface area contributed by atoms with E-state index >= 15 is 0 Å². The maximum atomic E-state index is 13.8. The molecule has 0 N–H and O–H groups in total. The van der Waals surface area contributed by atoms with Crippen LogP contribution >= 0.6 is 0 Å². The van der Waals surface area contributed by atoms with Crippen molar-refractivity contribution in [2.75, 3.05) is 0 Å². The first-order valence-electron chi connectivity index (χ1n) is 6.55. The third kappa shape index (κ3) is 1.54. The van der Waals surface area contributed by atoms with Crippen LogP contribution in [0.5, 0.6) is 0 Å². The van der Waals surface area contributed by atoms with E-state index in [0.717, 1.165) is 18.3 Å². The minimum Gasteiger partial charge on any atom is -0.219 e. The molecule has 0 saturated heterocycles. The average Bonchev–Trinajstić information content (AvgIpc) is 2.93. The maximum absolute atomic E-state index is 13.8.